The molecule has 9 heteroatoms. The summed E-state index contributed by atoms with van der Waals surface area (Å²) in [6, 6.07) is 9.00. The number of alkyl halides is 3. The van der Waals surface area contributed by atoms with Crippen LogP contribution in [0.2, 0.25) is 5.02 Å². The van der Waals surface area contributed by atoms with Crippen molar-refractivity contribution >= 4 is 29.0 Å². The van der Waals surface area contributed by atoms with Crippen molar-refractivity contribution < 1.29 is 18.0 Å². The van der Waals surface area contributed by atoms with Crippen LogP contribution in [0.25, 0.3) is 0 Å². The molecule has 2 aliphatic heterocycles. The van der Waals surface area contributed by atoms with Crippen molar-refractivity contribution in [1.29, 1.82) is 0 Å². The number of para-hydroxylation sites is 1. The van der Waals surface area contributed by atoms with Gasteiger partial charge in [-0.25, -0.2) is 4.98 Å². The number of piperazine rings is 1. The van der Waals surface area contributed by atoms with Crippen LogP contribution in [0.1, 0.15) is 18.1 Å². The van der Waals surface area contributed by atoms with E-state index in [9.17, 15) is 18.0 Å². The number of benzene rings is 1. The Bertz CT molecular complexity index is 944. The average molecular weight is 439 g/mol. The molecule has 1 aromatic heterocycles. The molecule has 0 radical (unpaired) electrons. The number of halogens is 4. The van der Waals surface area contributed by atoms with Gasteiger partial charge in [-0.2, -0.15) is 13.2 Å². The van der Waals surface area contributed by atoms with Gasteiger partial charge in [0.15, 0.2) is 0 Å². The molecule has 1 amide bonds. The number of pyridine rings is 1. The lowest BCUT2D eigenvalue weighted by molar-refractivity contribution is -0.137. The van der Waals surface area contributed by atoms with Crippen molar-refractivity contribution in [2.75, 3.05) is 42.5 Å². The van der Waals surface area contributed by atoms with Crippen LogP contribution in [0.3, 0.4) is 0 Å². The normalized spacial score (nSPS) is 19.8. The molecule has 1 saturated heterocycles. The molecule has 4 rings (SSSR count). The highest BCUT2D eigenvalue weighted by molar-refractivity contribution is 6.33. The maximum atomic E-state index is 13.0. The Hall–Kier alpha value is -2.32. The summed E-state index contributed by atoms with van der Waals surface area (Å²) < 4.78 is 38.4. The van der Waals surface area contributed by atoms with Crippen LogP contribution in [0.5, 0.6) is 0 Å². The van der Waals surface area contributed by atoms with E-state index in [1.54, 1.807) is 0 Å². The van der Waals surface area contributed by atoms with E-state index in [-0.39, 0.29) is 17.0 Å². The van der Waals surface area contributed by atoms with Gasteiger partial charge in [0, 0.05) is 44.1 Å². The van der Waals surface area contributed by atoms with E-state index in [4.69, 9.17) is 11.6 Å². The molecule has 3 heterocycles. The van der Waals surface area contributed by atoms with Crippen LogP contribution in [-0.4, -0.2) is 54.6 Å². The second-order valence-corrected chi connectivity index (χ2v) is 8.14. The van der Waals surface area contributed by atoms with Gasteiger partial charge in [0.2, 0.25) is 5.91 Å². The van der Waals surface area contributed by atoms with E-state index in [1.165, 1.54) is 5.56 Å². The minimum absolute atomic E-state index is 0.0168. The first kappa shape index (κ1) is 20.9. The maximum Gasteiger partial charge on any atom is 0.417 e. The molecule has 0 spiro atoms. The molecule has 1 aromatic carbocycles. The fraction of sp³-hybridized carbons (Fsp3) is 0.429. The van der Waals surface area contributed by atoms with Crippen molar-refractivity contribution in [2.45, 2.75) is 25.6 Å². The molecule has 5 nitrogen and oxygen atoms in total. The Morgan fingerprint density at radius 1 is 1.20 bits per heavy atom. The summed E-state index contributed by atoms with van der Waals surface area (Å²) >= 11 is 6.06. The molecule has 2 aromatic rings. The van der Waals surface area contributed by atoms with Crippen LogP contribution < -0.4 is 9.80 Å². The molecule has 160 valence electrons. The quantitative estimate of drug-likeness (QED) is 0.729. The summed E-state index contributed by atoms with van der Waals surface area (Å²) in [5.41, 5.74) is 1.31. The number of carbonyl (C=O) groups is 1. The minimum atomic E-state index is -4.47. The number of anilines is 2. The van der Waals surface area contributed by atoms with E-state index in [2.05, 4.69) is 16.0 Å². The largest absolute Gasteiger partial charge is 0.417 e. The monoisotopic (exact) mass is 438 g/mol. The first-order valence-corrected chi connectivity index (χ1v) is 10.2. The summed E-state index contributed by atoms with van der Waals surface area (Å²) in [6.07, 6.45) is -2.81. The number of rotatable bonds is 3. The smallest absolute Gasteiger partial charge is 0.353 e. The lowest BCUT2D eigenvalue weighted by Crippen LogP contribution is -2.51. The van der Waals surface area contributed by atoms with E-state index >= 15 is 0 Å². The van der Waals surface area contributed by atoms with Crippen LogP contribution in [0, 0.1) is 0 Å². The van der Waals surface area contributed by atoms with Gasteiger partial charge in [-0.05, 0) is 31.0 Å². The van der Waals surface area contributed by atoms with E-state index < -0.39 is 11.7 Å². The minimum Gasteiger partial charge on any atom is -0.353 e. The van der Waals surface area contributed by atoms with Crippen molar-refractivity contribution in [3.63, 3.8) is 0 Å². The van der Waals surface area contributed by atoms with Gasteiger partial charge in [0.1, 0.15) is 5.82 Å². The molecular weight excluding hydrogens is 417 g/mol. The van der Waals surface area contributed by atoms with Gasteiger partial charge >= 0.3 is 6.18 Å². The molecule has 1 atom stereocenters. The third-order valence-corrected chi connectivity index (χ3v) is 5.93. The lowest BCUT2D eigenvalue weighted by Gasteiger charge is -2.36. The number of hydrogen-bond acceptors (Lipinski definition) is 4. The molecule has 0 aliphatic carbocycles. The summed E-state index contributed by atoms with van der Waals surface area (Å²) in [4.78, 5) is 22.7. The highest BCUT2D eigenvalue weighted by Gasteiger charge is 2.34. The third-order valence-electron chi connectivity index (χ3n) is 5.66. The molecule has 1 fully saturated rings. The van der Waals surface area contributed by atoms with Crippen LogP contribution in [-0.2, 0) is 17.4 Å². The highest BCUT2D eigenvalue weighted by atomic mass is 35.5. The fourth-order valence-corrected chi connectivity index (χ4v) is 4.44. The van der Waals surface area contributed by atoms with E-state index in [0.29, 0.717) is 38.5 Å². The second-order valence-electron chi connectivity index (χ2n) is 7.74. The van der Waals surface area contributed by atoms with E-state index in [1.807, 2.05) is 34.9 Å². The zero-order chi connectivity index (χ0) is 21.5. The Labute approximate surface area is 178 Å². The third kappa shape index (κ3) is 4.11. The second kappa shape index (κ2) is 8.07. The lowest BCUT2D eigenvalue weighted by atomic mass is 10.1. The molecule has 2 aliphatic rings. The molecule has 30 heavy (non-hydrogen) atoms. The summed E-state index contributed by atoms with van der Waals surface area (Å²) in [6.45, 7) is 4.65. The SMILES string of the molecule is C[C@H]1Cc2ccccc2N1C(=O)CN1CCN(c2ncc(C(F)(F)F)cc2Cl)CC1. The zero-order valence-electron chi connectivity index (χ0n) is 16.5. The van der Waals surface area contributed by atoms with Gasteiger partial charge in [0.25, 0.3) is 0 Å². The van der Waals surface area contributed by atoms with Crippen molar-refractivity contribution in [3.8, 4) is 0 Å². The van der Waals surface area contributed by atoms with Crippen molar-refractivity contribution in [3.05, 3.63) is 52.7 Å². The Morgan fingerprint density at radius 3 is 2.57 bits per heavy atom. The summed E-state index contributed by atoms with van der Waals surface area (Å²) in [5, 5.41) is -0.0168. The number of nitrogens with zero attached hydrogens (tertiary/aromatic N) is 4. The molecular formula is C21H22ClF3N4O. The topological polar surface area (TPSA) is 39.7 Å². The Morgan fingerprint density at radius 2 is 1.90 bits per heavy atom. The van der Waals surface area contributed by atoms with E-state index in [0.717, 1.165) is 24.4 Å². The van der Waals surface area contributed by atoms with Gasteiger partial charge in [-0.1, -0.05) is 29.8 Å². The number of fused-ring (bicyclic) bond motifs is 1. The standard InChI is InChI=1S/C21H22ClF3N4O/c1-14-10-15-4-2-3-5-18(15)29(14)19(30)13-27-6-8-28(9-7-27)20-17(22)11-16(12-26-20)21(23,24)25/h2-5,11-12,14H,6-10,13H2,1H3/t14-/m0/s1. The van der Waals surface area contributed by atoms with Gasteiger partial charge in [-0.15, -0.1) is 0 Å². The van der Waals surface area contributed by atoms with Gasteiger partial charge < -0.3 is 9.80 Å². The number of carbonyl (C=O) groups excluding carboxylic acids is 1. The Balaban J connectivity index is 1.37. The Kier molecular flexibility index (Phi) is 5.63. The first-order valence-electron chi connectivity index (χ1n) is 9.84. The van der Waals surface area contributed by atoms with Gasteiger partial charge in [-0.3, -0.25) is 9.69 Å². The maximum absolute atomic E-state index is 13.0. The predicted molar refractivity (Wildman–Crippen MR) is 110 cm³/mol. The molecule has 0 bridgehead atoms. The molecule has 0 N–H and O–H groups in total. The fourth-order valence-electron chi connectivity index (χ4n) is 4.15. The average Bonchev–Trinajstić information content (AvgIpc) is 3.03. The number of hydrogen-bond donors (Lipinski definition) is 0. The van der Waals surface area contributed by atoms with Crippen molar-refractivity contribution in [1.82, 2.24) is 9.88 Å². The van der Waals surface area contributed by atoms with Crippen LogP contribution in [0.15, 0.2) is 36.5 Å². The van der Waals surface area contributed by atoms with Crippen molar-refractivity contribution in [2.24, 2.45) is 0 Å². The van der Waals surface area contributed by atoms with Gasteiger partial charge in [0.05, 0.1) is 17.1 Å². The summed E-state index contributed by atoms with van der Waals surface area (Å²) in [7, 11) is 0. The molecule has 0 saturated carbocycles. The zero-order valence-corrected chi connectivity index (χ0v) is 17.2. The van der Waals surface area contributed by atoms with Crippen LogP contribution in [0.4, 0.5) is 24.7 Å². The number of amides is 1. The first-order chi connectivity index (χ1) is 14.2. The molecule has 0 unspecified atom stereocenters. The summed E-state index contributed by atoms with van der Waals surface area (Å²) in [5.74, 6) is 0.407. The number of aromatic nitrogens is 1. The highest BCUT2D eigenvalue weighted by Crippen LogP contribution is 2.34. The van der Waals surface area contributed by atoms with Crippen LogP contribution >= 0.6 is 11.6 Å². The predicted octanol–water partition coefficient (Wildman–Crippen LogP) is 3.85.